The van der Waals surface area contributed by atoms with Crippen LogP contribution in [0.15, 0.2) is 42.5 Å². The summed E-state index contributed by atoms with van der Waals surface area (Å²) in [4.78, 5) is 25.0. The predicted molar refractivity (Wildman–Crippen MR) is 86.9 cm³/mol. The third kappa shape index (κ3) is 3.17. The van der Waals surface area contributed by atoms with Gasteiger partial charge >= 0.3 is 0 Å². The number of benzene rings is 2. The molecule has 124 valence electrons. The molecule has 2 aromatic rings. The summed E-state index contributed by atoms with van der Waals surface area (Å²) in [5, 5.41) is 0. The summed E-state index contributed by atoms with van der Waals surface area (Å²) in [7, 11) is 1.56. The van der Waals surface area contributed by atoms with E-state index in [2.05, 4.69) is 0 Å². The van der Waals surface area contributed by atoms with Crippen molar-refractivity contribution >= 4 is 12.2 Å². The lowest BCUT2D eigenvalue weighted by molar-refractivity contribution is 0.0480. The Bertz CT molecular complexity index is 759. The van der Waals surface area contributed by atoms with Crippen molar-refractivity contribution in [3.63, 3.8) is 0 Å². The fourth-order valence-corrected chi connectivity index (χ4v) is 2.44. The summed E-state index contributed by atoms with van der Waals surface area (Å²) < 4.78 is 16.3. The highest BCUT2D eigenvalue weighted by atomic mass is 16.5. The average Bonchev–Trinajstić information content (AvgIpc) is 2.63. The number of rotatable bonds is 6. The van der Waals surface area contributed by atoms with Gasteiger partial charge < -0.3 is 19.1 Å². The Labute approximate surface area is 139 Å². The van der Waals surface area contributed by atoms with Gasteiger partial charge in [0.05, 0.1) is 24.8 Å². The standard InChI is InChI=1S/C18H17NO5/c1-22-14-6-7-15-17(10-14)24-12-19(18(15)21)8-9-23-16-5-3-2-4-13(16)11-20/h2-7,10-11H,8-9,12H2,1H3. The van der Waals surface area contributed by atoms with Crippen molar-refractivity contribution in [3.8, 4) is 17.2 Å². The number of hydrogen-bond donors (Lipinski definition) is 0. The van der Waals surface area contributed by atoms with Gasteiger partial charge in [-0.25, -0.2) is 0 Å². The molecule has 0 aliphatic carbocycles. The Balaban J connectivity index is 1.62. The molecule has 0 unspecified atom stereocenters. The highest BCUT2D eigenvalue weighted by Gasteiger charge is 2.25. The molecule has 0 atom stereocenters. The van der Waals surface area contributed by atoms with E-state index in [4.69, 9.17) is 14.2 Å². The van der Waals surface area contributed by atoms with Crippen molar-refractivity contribution in [2.45, 2.75) is 0 Å². The van der Waals surface area contributed by atoms with Crippen LogP contribution in [0.4, 0.5) is 0 Å². The summed E-state index contributed by atoms with van der Waals surface area (Å²) >= 11 is 0. The number of methoxy groups -OCH3 is 1. The number of aldehydes is 1. The van der Waals surface area contributed by atoms with Crippen LogP contribution in [0.25, 0.3) is 0 Å². The molecule has 0 saturated carbocycles. The molecule has 0 spiro atoms. The van der Waals surface area contributed by atoms with Crippen LogP contribution in [0.1, 0.15) is 20.7 Å². The molecule has 3 rings (SSSR count). The monoisotopic (exact) mass is 327 g/mol. The highest BCUT2D eigenvalue weighted by Crippen LogP contribution is 2.29. The number of carbonyl (C=O) groups is 2. The van der Waals surface area contributed by atoms with Gasteiger partial charge in [-0.3, -0.25) is 9.59 Å². The van der Waals surface area contributed by atoms with Crippen LogP contribution in [0.5, 0.6) is 17.2 Å². The van der Waals surface area contributed by atoms with Crippen LogP contribution < -0.4 is 14.2 Å². The van der Waals surface area contributed by atoms with Crippen molar-refractivity contribution in [1.29, 1.82) is 0 Å². The average molecular weight is 327 g/mol. The molecule has 0 aromatic heterocycles. The van der Waals surface area contributed by atoms with Crippen molar-refractivity contribution < 1.29 is 23.8 Å². The Hall–Kier alpha value is -3.02. The van der Waals surface area contributed by atoms with Crippen LogP contribution in [-0.2, 0) is 0 Å². The first-order chi connectivity index (χ1) is 11.7. The number of carbonyl (C=O) groups excluding carboxylic acids is 2. The first-order valence-electron chi connectivity index (χ1n) is 7.50. The Kier molecular flexibility index (Phi) is 4.65. The Morgan fingerprint density at radius 3 is 2.88 bits per heavy atom. The minimum Gasteiger partial charge on any atom is -0.497 e. The zero-order chi connectivity index (χ0) is 16.9. The third-order valence-electron chi connectivity index (χ3n) is 3.75. The van der Waals surface area contributed by atoms with E-state index in [1.807, 2.05) is 0 Å². The summed E-state index contributed by atoms with van der Waals surface area (Å²) in [6.45, 7) is 0.778. The lowest BCUT2D eigenvalue weighted by atomic mass is 10.1. The molecule has 0 saturated heterocycles. The number of amides is 1. The van der Waals surface area contributed by atoms with Crippen LogP contribution in [0.3, 0.4) is 0 Å². The number of hydrogen-bond acceptors (Lipinski definition) is 5. The first-order valence-corrected chi connectivity index (χ1v) is 7.50. The van der Waals surface area contributed by atoms with E-state index in [1.54, 1.807) is 54.5 Å². The van der Waals surface area contributed by atoms with Gasteiger partial charge in [-0.05, 0) is 24.3 Å². The van der Waals surface area contributed by atoms with Crippen LogP contribution in [0.2, 0.25) is 0 Å². The van der Waals surface area contributed by atoms with E-state index in [9.17, 15) is 9.59 Å². The fraction of sp³-hybridized carbons (Fsp3) is 0.222. The molecule has 1 aliphatic rings. The van der Waals surface area contributed by atoms with Gasteiger partial charge in [0, 0.05) is 6.07 Å². The second kappa shape index (κ2) is 7.04. The maximum absolute atomic E-state index is 12.5. The van der Waals surface area contributed by atoms with Crippen molar-refractivity contribution in [3.05, 3.63) is 53.6 Å². The largest absolute Gasteiger partial charge is 0.497 e. The van der Waals surface area contributed by atoms with Crippen molar-refractivity contribution in [2.75, 3.05) is 27.0 Å². The topological polar surface area (TPSA) is 65.1 Å². The Morgan fingerprint density at radius 1 is 1.25 bits per heavy atom. The van der Waals surface area contributed by atoms with E-state index in [-0.39, 0.29) is 19.2 Å². The van der Waals surface area contributed by atoms with Crippen LogP contribution in [0, 0.1) is 0 Å². The van der Waals surface area contributed by atoms with Crippen molar-refractivity contribution in [2.24, 2.45) is 0 Å². The summed E-state index contributed by atoms with van der Waals surface area (Å²) in [6, 6.07) is 12.1. The smallest absolute Gasteiger partial charge is 0.260 e. The van der Waals surface area contributed by atoms with E-state index >= 15 is 0 Å². The molecular formula is C18H17NO5. The van der Waals surface area contributed by atoms with Gasteiger partial charge in [-0.15, -0.1) is 0 Å². The SMILES string of the molecule is COc1ccc2c(c1)OCN(CCOc1ccccc1C=O)C2=O. The quantitative estimate of drug-likeness (QED) is 0.762. The van der Waals surface area contributed by atoms with Crippen molar-refractivity contribution in [1.82, 2.24) is 4.90 Å². The molecule has 24 heavy (non-hydrogen) atoms. The molecule has 6 heteroatoms. The minimum absolute atomic E-state index is 0.119. The van der Waals surface area contributed by atoms with Gasteiger partial charge in [-0.2, -0.15) is 0 Å². The summed E-state index contributed by atoms with van der Waals surface area (Å²) in [5.41, 5.74) is 0.978. The molecule has 0 N–H and O–H groups in total. The van der Waals surface area contributed by atoms with Crippen LogP contribution in [-0.4, -0.2) is 44.1 Å². The maximum Gasteiger partial charge on any atom is 0.260 e. The lowest BCUT2D eigenvalue weighted by Gasteiger charge is -2.28. The molecule has 0 radical (unpaired) electrons. The summed E-state index contributed by atoms with van der Waals surface area (Å²) in [5.74, 6) is 1.54. The third-order valence-corrected chi connectivity index (χ3v) is 3.75. The van der Waals surface area contributed by atoms with Gasteiger partial charge in [0.25, 0.3) is 5.91 Å². The van der Waals surface area contributed by atoms with E-state index in [1.165, 1.54) is 0 Å². The first kappa shape index (κ1) is 15.9. The van der Waals surface area contributed by atoms with E-state index in [0.717, 1.165) is 6.29 Å². The highest BCUT2D eigenvalue weighted by molar-refractivity contribution is 5.97. The number of fused-ring (bicyclic) bond motifs is 1. The maximum atomic E-state index is 12.5. The predicted octanol–water partition coefficient (Wildman–Crippen LogP) is 2.38. The van der Waals surface area contributed by atoms with Gasteiger partial charge in [0.15, 0.2) is 13.0 Å². The molecule has 6 nitrogen and oxygen atoms in total. The zero-order valence-electron chi connectivity index (χ0n) is 13.2. The van der Waals surface area contributed by atoms with Crippen LogP contribution >= 0.6 is 0 Å². The molecule has 2 aromatic carbocycles. The van der Waals surface area contributed by atoms with Gasteiger partial charge in [-0.1, -0.05) is 12.1 Å². The molecular weight excluding hydrogens is 310 g/mol. The molecule has 1 aliphatic heterocycles. The number of para-hydroxylation sites is 1. The summed E-state index contributed by atoms with van der Waals surface area (Å²) in [6.07, 6.45) is 0.744. The lowest BCUT2D eigenvalue weighted by Crippen LogP contribution is -2.41. The fourth-order valence-electron chi connectivity index (χ4n) is 2.44. The second-order valence-corrected chi connectivity index (χ2v) is 5.21. The second-order valence-electron chi connectivity index (χ2n) is 5.21. The van der Waals surface area contributed by atoms with E-state index in [0.29, 0.717) is 34.9 Å². The molecule has 0 bridgehead atoms. The molecule has 1 heterocycles. The Morgan fingerprint density at radius 2 is 2.08 bits per heavy atom. The van der Waals surface area contributed by atoms with E-state index < -0.39 is 0 Å². The minimum atomic E-state index is -0.119. The molecule has 0 fully saturated rings. The van der Waals surface area contributed by atoms with Gasteiger partial charge in [0.1, 0.15) is 23.9 Å². The number of nitrogens with zero attached hydrogens (tertiary/aromatic N) is 1. The molecule has 1 amide bonds. The van der Waals surface area contributed by atoms with Gasteiger partial charge in [0.2, 0.25) is 0 Å². The normalized spacial score (nSPS) is 13.0. The number of ether oxygens (including phenoxy) is 3. The zero-order valence-corrected chi connectivity index (χ0v) is 13.2.